The lowest BCUT2D eigenvalue weighted by Gasteiger charge is -2.13. The molecular formula is C81H89ClN20O17. The Labute approximate surface area is 685 Å². The number of amides is 1. The fourth-order valence-electron chi connectivity index (χ4n) is 12.2. The van der Waals surface area contributed by atoms with Gasteiger partial charge in [-0.3, -0.25) is 19.2 Å². The van der Waals surface area contributed by atoms with Crippen molar-refractivity contribution in [3.63, 3.8) is 0 Å². The maximum Gasteiger partial charge on any atom is 0.314 e. The molecule has 38 heteroatoms. The molecule has 0 fully saturated rings. The van der Waals surface area contributed by atoms with Gasteiger partial charge < -0.3 is 83.1 Å². The summed E-state index contributed by atoms with van der Waals surface area (Å²) in [5, 5.41) is 28.6. The van der Waals surface area contributed by atoms with Crippen molar-refractivity contribution in [2.75, 3.05) is 71.1 Å². The molecule has 0 spiro atoms. The zero-order chi connectivity index (χ0) is 86.7. The first-order valence-corrected chi connectivity index (χ1v) is 35.8. The summed E-state index contributed by atoms with van der Waals surface area (Å²) in [6.45, 7) is 26.3. The summed E-state index contributed by atoms with van der Waals surface area (Å²) in [5.74, 6) is 4.03. The van der Waals surface area contributed by atoms with Gasteiger partial charge in [0.15, 0.2) is 5.84 Å². The van der Waals surface area contributed by atoms with Crippen molar-refractivity contribution < 1.29 is 71.2 Å². The van der Waals surface area contributed by atoms with Gasteiger partial charge in [0.25, 0.3) is 69.9 Å². The second kappa shape index (κ2) is 38.3. The molecule has 7 N–H and O–H groups in total. The van der Waals surface area contributed by atoms with Gasteiger partial charge in [-0.25, -0.2) is 49.8 Å². The molecule has 8 aromatic heterocycles. The minimum absolute atomic E-state index is 0. The van der Waals surface area contributed by atoms with E-state index in [1.807, 2.05) is 113 Å². The van der Waals surface area contributed by atoms with Crippen LogP contribution in [0.25, 0.3) is 89.0 Å². The average molecular weight is 1650 g/mol. The molecule has 622 valence electrons. The number of aromatic amines is 2. The first-order valence-electron chi connectivity index (χ1n) is 35.4. The SMILES string of the molecule is C.COc1nc2cc(C)c(C)c(-c3noc(C)n3)c2nc1OC.COc1nc2cc(C)c(C)c(/C(N)=N/O)c2nc1OC.COc1nc2cc(C)c(C)c(C#N)c2nc1OC.COc1nc2cc(C)c(C)c(C(=O)Cl)c2nc1OC.COc1nc2cc(C)c(C)c(C(N)=O)c2nc1OC.Cc1nc(-c2c(C)c(C)cc3[nH]c(=O)c(=O)[nH]c23)no1. The van der Waals surface area contributed by atoms with Crippen molar-refractivity contribution in [1.29, 1.82) is 5.26 Å². The molecule has 0 atom stereocenters. The summed E-state index contributed by atoms with van der Waals surface area (Å²) in [6, 6.07) is 13.4. The zero-order valence-electron chi connectivity index (χ0n) is 69.1. The van der Waals surface area contributed by atoms with Gasteiger partial charge in [0.1, 0.15) is 33.7 Å². The number of nitrogens with zero attached hydrogens (tertiary/aromatic N) is 16. The van der Waals surface area contributed by atoms with Crippen molar-refractivity contribution in [3.8, 4) is 87.6 Å². The first kappa shape index (κ1) is 90.0. The molecule has 37 nitrogen and oxygen atoms in total. The summed E-state index contributed by atoms with van der Waals surface area (Å²) >= 11 is 5.65. The second-order valence-corrected chi connectivity index (χ2v) is 26.4. The fraction of sp³-hybridized carbons (Fsp3) is 0.309. The van der Waals surface area contributed by atoms with Gasteiger partial charge in [-0.15, -0.1) is 0 Å². The van der Waals surface area contributed by atoms with Crippen LogP contribution in [-0.2, 0) is 0 Å². The van der Waals surface area contributed by atoms with Crippen molar-refractivity contribution in [1.82, 2.24) is 80.1 Å². The molecule has 14 aromatic rings. The molecule has 6 aromatic carbocycles. The van der Waals surface area contributed by atoms with Gasteiger partial charge in [-0.1, -0.05) is 22.9 Å². The molecule has 0 bridgehead atoms. The highest BCUT2D eigenvalue weighted by Crippen LogP contribution is 2.38. The zero-order valence-corrected chi connectivity index (χ0v) is 69.9. The Morgan fingerprint density at radius 2 is 0.697 bits per heavy atom. The third kappa shape index (κ3) is 18.6. The molecule has 0 aliphatic heterocycles. The molecule has 0 aliphatic carbocycles. The van der Waals surface area contributed by atoms with Crippen LogP contribution in [-0.4, -0.2) is 173 Å². The predicted octanol–water partition coefficient (Wildman–Crippen LogP) is 11.9. The molecule has 0 aliphatic rings. The number of nitriles is 1. The topological polar surface area (TPSA) is 507 Å². The van der Waals surface area contributed by atoms with E-state index in [9.17, 15) is 24.4 Å². The highest BCUT2D eigenvalue weighted by molar-refractivity contribution is 6.68. The number of hydrogen-bond donors (Lipinski definition) is 5. The van der Waals surface area contributed by atoms with Gasteiger partial charge in [0, 0.05) is 13.8 Å². The molecule has 14 rings (SSSR count). The van der Waals surface area contributed by atoms with Gasteiger partial charge >= 0.3 is 11.1 Å². The van der Waals surface area contributed by atoms with Crippen molar-refractivity contribution >= 4 is 94.8 Å². The Morgan fingerprint density at radius 3 is 1.06 bits per heavy atom. The Morgan fingerprint density at radius 1 is 0.403 bits per heavy atom. The molecule has 0 unspecified atom stereocenters. The van der Waals surface area contributed by atoms with Crippen LogP contribution in [0.5, 0.6) is 58.8 Å². The van der Waals surface area contributed by atoms with E-state index in [1.54, 1.807) is 19.9 Å². The van der Waals surface area contributed by atoms with Gasteiger partial charge in [0.05, 0.1) is 143 Å². The summed E-state index contributed by atoms with van der Waals surface area (Å²) in [6.07, 6.45) is 0. The number of amidine groups is 1. The number of nitrogens with two attached hydrogens (primary N) is 2. The van der Waals surface area contributed by atoms with Crippen LogP contribution in [0.15, 0.2) is 60.2 Å². The maximum absolute atomic E-state index is 11.6. The average Bonchev–Trinajstić information content (AvgIpc) is 1.78. The van der Waals surface area contributed by atoms with Gasteiger partial charge in [-0.2, -0.15) is 15.2 Å². The highest BCUT2D eigenvalue weighted by Gasteiger charge is 2.26. The third-order valence-electron chi connectivity index (χ3n) is 19.0. The number of ether oxygens (including phenoxy) is 10. The number of hydrogen-bond acceptors (Lipinski definition) is 33. The Hall–Kier alpha value is -14.6. The Balaban J connectivity index is 0.000000178. The number of methoxy groups -OCH3 is 10. The molecule has 0 saturated carbocycles. The van der Waals surface area contributed by atoms with Crippen LogP contribution in [0.2, 0.25) is 0 Å². The number of H-pyrrole nitrogens is 2. The lowest BCUT2D eigenvalue weighted by Crippen LogP contribution is -2.29. The van der Waals surface area contributed by atoms with Crippen molar-refractivity contribution in [2.45, 2.75) is 104 Å². The molecule has 119 heavy (non-hydrogen) atoms. The highest BCUT2D eigenvalue weighted by atomic mass is 35.5. The lowest BCUT2D eigenvalue weighted by atomic mass is 10.0. The number of fused-ring (bicyclic) bond motifs is 6. The summed E-state index contributed by atoms with van der Waals surface area (Å²) in [7, 11) is 14.9. The van der Waals surface area contributed by atoms with E-state index < -0.39 is 22.3 Å². The Bertz CT molecular complexity index is 6360. The lowest BCUT2D eigenvalue weighted by molar-refractivity contribution is 0.1000. The minimum atomic E-state index is -0.706. The summed E-state index contributed by atoms with van der Waals surface area (Å²) in [5.41, 5.74) is 30.7. The van der Waals surface area contributed by atoms with Crippen molar-refractivity contribution in [2.24, 2.45) is 16.6 Å². The monoisotopic (exact) mass is 1650 g/mol. The normalized spacial score (nSPS) is 10.8. The molecular weight excluding hydrogens is 1560 g/mol. The first-order chi connectivity index (χ1) is 56.1. The summed E-state index contributed by atoms with van der Waals surface area (Å²) in [4.78, 5) is 103. The quantitative estimate of drug-likeness (QED) is 0.0159. The second-order valence-electron chi connectivity index (χ2n) is 26.1. The number of oxime groups is 1. The number of aryl methyl sites for hydroxylation is 8. The van der Waals surface area contributed by atoms with Crippen LogP contribution >= 0.6 is 11.6 Å². The Kier molecular flexibility index (Phi) is 28.9. The standard InChI is InChI=1S/C15H16N4O3.C13H13ClN2O3.C13H12N4O3.C13H16N4O3.C13H15N3O3.C13H13N3O2.CH4/c1-7-6-10-12(18-15(21-5)14(17-10)20-4)11(8(7)2)13-16-9(3)22-19-13;1-6-5-8-10(9(7(6)2)11(14)17)16-13(19-4)12(15-8)18-3;1-5-4-8-10(16-13(19)12(18)15-8)9(6(5)2)11-14-7(3)20-17-11;1-6-5-8-10(9(7(6)2)11(14)17-18)16-13(20-4)12(15-8)19-3;1-6-5-8-10(9(7(6)2)11(14)17)16-13(19-4)12(15-8)18-3;1-7-5-10-11(9(6-14)8(7)2)16-13(18-4)12(15-10)17-3;/h6H,1-5H3;5H,1-4H3;4H,1-3H3,(H,15,18)(H,16,19);5,18H,1-4H3,(H2,14,17);5H,1-4H3,(H2,14,17);5H,1-4H3;1H4. The minimum Gasteiger partial charge on any atom is -0.477 e. The van der Waals surface area contributed by atoms with Crippen LogP contribution in [0.3, 0.4) is 0 Å². The number of carbonyl (C=O) groups excluding carboxylic acids is 2. The van der Waals surface area contributed by atoms with Gasteiger partial charge in [0.2, 0.25) is 23.4 Å². The number of primary amides is 1. The van der Waals surface area contributed by atoms with Crippen LogP contribution < -0.4 is 70.0 Å². The van der Waals surface area contributed by atoms with Crippen LogP contribution in [0, 0.1) is 108 Å². The number of nitrogens with one attached hydrogen (secondary N) is 2. The molecule has 8 heterocycles. The number of carbonyl (C=O) groups is 2. The molecule has 0 saturated heterocycles. The van der Waals surface area contributed by atoms with E-state index in [4.69, 9.17) is 84.7 Å². The van der Waals surface area contributed by atoms with Gasteiger partial charge in [-0.05, 0) is 198 Å². The van der Waals surface area contributed by atoms with Crippen LogP contribution in [0.4, 0.5) is 0 Å². The van der Waals surface area contributed by atoms with E-state index in [2.05, 4.69) is 91.3 Å². The largest absolute Gasteiger partial charge is 0.477 e. The number of halogens is 1. The van der Waals surface area contributed by atoms with E-state index >= 15 is 0 Å². The fourth-order valence-corrected chi connectivity index (χ4v) is 12.4. The van der Waals surface area contributed by atoms with E-state index in [-0.39, 0.29) is 54.4 Å². The smallest absolute Gasteiger partial charge is 0.314 e. The van der Waals surface area contributed by atoms with Crippen molar-refractivity contribution in [3.05, 3.63) is 158 Å². The summed E-state index contributed by atoms with van der Waals surface area (Å²) < 4.78 is 61.4. The maximum atomic E-state index is 11.6. The molecule has 0 radical (unpaired) electrons. The molecule has 1 amide bonds. The third-order valence-corrected chi connectivity index (χ3v) is 19.2. The number of benzene rings is 6. The van der Waals surface area contributed by atoms with Crippen LogP contribution in [0.1, 0.15) is 118 Å². The van der Waals surface area contributed by atoms with E-state index in [0.717, 1.165) is 72.3 Å². The van der Waals surface area contributed by atoms with E-state index in [1.165, 1.54) is 71.1 Å². The van der Waals surface area contributed by atoms with E-state index in [0.29, 0.717) is 135 Å². The predicted molar refractivity (Wildman–Crippen MR) is 444 cm³/mol. The number of rotatable bonds is 15. The number of aromatic nitrogens is 16.